The molecule has 148 valence electrons. The Hall–Kier alpha value is -3.36. The number of aliphatic imine (C=N–C) groups is 1. The summed E-state index contributed by atoms with van der Waals surface area (Å²) in [7, 11) is 3.30. The molecular weight excluding hydrogens is 358 g/mol. The monoisotopic (exact) mass is 383 g/mol. The molecule has 1 aliphatic rings. The van der Waals surface area contributed by atoms with Crippen LogP contribution in [0.2, 0.25) is 0 Å². The van der Waals surface area contributed by atoms with Gasteiger partial charge in [0.2, 0.25) is 5.88 Å². The van der Waals surface area contributed by atoms with Crippen molar-refractivity contribution in [2.75, 3.05) is 24.8 Å². The maximum Gasteiger partial charge on any atom is 0.256 e. The van der Waals surface area contributed by atoms with Crippen LogP contribution in [0.5, 0.6) is 0 Å². The fourth-order valence-corrected chi connectivity index (χ4v) is 2.91. The van der Waals surface area contributed by atoms with E-state index in [1.54, 1.807) is 23.7 Å². The number of nitrogens with one attached hydrogen (secondary N) is 3. The summed E-state index contributed by atoms with van der Waals surface area (Å²) >= 11 is 0. The maximum absolute atomic E-state index is 12.7. The van der Waals surface area contributed by atoms with Crippen LogP contribution in [0, 0.1) is 0 Å². The molecule has 2 aromatic heterocycles. The molecule has 3 N–H and O–H groups in total. The van der Waals surface area contributed by atoms with Crippen LogP contribution in [-0.2, 0) is 4.74 Å². The van der Waals surface area contributed by atoms with Gasteiger partial charge in [-0.1, -0.05) is 6.08 Å². The van der Waals surface area contributed by atoms with E-state index in [1.807, 2.05) is 13.0 Å². The number of ether oxygens (including phenoxy) is 1. The van der Waals surface area contributed by atoms with Crippen LogP contribution in [0.3, 0.4) is 0 Å². The molecule has 0 bridgehead atoms. The van der Waals surface area contributed by atoms with Gasteiger partial charge in [-0.25, -0.2) is 9.98 Å². The van der Waals surface area contributed by atoms with Crippen molar-refractivity contribution in [2.45, 2.75) is 32.2 Å². The molecule has 3 rings (SSSR count). The van der Waals surface area contributed by atoms with E-state index in [4.69, 9.17) is 4.74 Å². The van der Waals surface area contributed by atoms with Crippen LogP contribution < -0.4 is 16.0 Å². The summed E-state index contributed by atoms with van der Waals surface area (Å²) in [6.07, 6.45) is 8.36. The van der Waals surface area contributed by atoms with Crippen LogP contribution in [0.25, 0.3) is 5.65 Å². The zero-order valence-electron chi connectivity index (χ0n) is 16.3. The van der Waals surface area contributed by atoms with Crippen LogP contribution >= 0.6 is 0 Å². The molecule has 2 aromatic rings. The lowest BCUT2D eigenvalue weighted by Crippen LogP contribution is -2.39. The number of hydrogen-bond acceptors (Lipinski definition) is 7. The number of nitrogens with zero attached hydrogens (tertiary/aromatic N) is 4. The highest BCUT2D eigenvalue weighted by Crippen LogP contribution is 2.23. The number of fused-ring (bicyclic) bond motifs is 1. The van der Waals surface area contributed by atoms with Gasteiger partial charge in [-0.15, -0.1) is 0 Å². The summed E-state index contributed by atoms with van der Waals surface area (Å²) < 4.78 is 6.85. The molecule has 0 spiro atoms. The number of methoxy groups -OCH3 is 1. The number of carbonyl (C=O) groups is 1. The van der Waals surface area contributed by atoms with Gasteiger partial charge in [0.05, 0.1) is 13.3 Å². The lowest BCUT2D eigenvalue weighted by molar-refractivity contribution is 0.0918. The summed E-state index contributed by atoms with van der Waals surface area (Å²) in [6, 6.07) is 2.02. The third-order valence-electron chi connectivity index (χ3n) is 4.58. The SMILES string of the molecule is C=N/C(OC)=C(\C=C/C)Nc1cc(NC)n2ncc(C(=O)NC3CCC3)c2n1. The van der Waals surface area contributed by atoms with Crippen molar-refractivity contribution in [3.05, 3.63) is 41.6 Å². The van der Waals surface area contributed by atoms with Gasteiger partial charge < -0.3 is 20.7 Å². The van der Waals surface area contributed by atoms with E-state index >= 15 is 0 Å². The molecule has 0 atom stereocenters. The van der Waals surface area contributed by atoms with Crippen LogP contribution in [0.15, 0.2) is 41.0 Å². The van der Waals surface area contributed by atoms with Crippen LogP contribution in [0.1, 0.15) is 36.5 Å². The number of carbonyl (C=O) groups excluding carboxylic acids is 1. The van der Waals surface area contributed by atoms with Crippen molar-refractivity contribution in [3.63, 3.8) is 0 Å². The molecule has 1 saturated carbocycles. The maximum atomic E-state index is 12.7. The van der Waals surface area contributed by atoms with E-state index in [2.05, 4.69) is 37.7 Å². The van der Waals surface area contributed by atoms with E-state index in [1.165, 1.54) is 13.3 Å². The minimum Gasteiger partial charge on any atom is -0.480 e. The van der Waals surface area contributed by atoms with E-state index in [0.717, 1.165) is 19.3 Å². The Morgan fingerprint density at radius 1 is 1.46 bits per heavy atom. The quantitative estimate of drug-likeness (QED) is 0.368. The average molecular weight is 383 g/mol. The minimum atomic E-state index is -0.166. The summed E-state index contributed by atoms with van der Waals surface area (Å²) in [6.45, 7) is 5.41. The Morgan fingerprint density at radius 2 is 2.25 bits per heavy atom. The molecule has 1 fully saturated rings. The molecule has 2 heterocycles. The van der Waals surface area contributed by atoms with Gasteiger partial charge in [-0.3, -0.25) is 4.79 Å². The van der Waals surface area contributed by atoms with Gasteiger partial charge in [-0.2, -0.15) is 9.61 Å². The normalized spacial score (nSPS) is 15.1. The van der Waals surface area contributed by atoms with Gasteiger partial charge in [0.25, 0.3) is 5.91 Å². The smallest absolute Gasteiger partial charge is 0.256 e. The lowest BCUT2D eigenvalue weighted by atomic mass is 9.93. The fraction of sp³-hybridized carbons (Fsp3) is 0.368. The lowest BCUT2D eigenvalue weighted by Gasteiger charge is -2.26. The van der Waals surface area contributed by atoms with Crippen molar-refractivity contribution in [3.8, 4) is 0 Å². The van der Waals surface area contributed by atoms with Crippen molar-refractivity contribution in [2.24, 2.45) is 4.99 Å². The van der Waals surface area contributed by atoms with Gasteiger partial charge >= 0.3 is 0 Å². The van der Waals surface area contributed by atoms with E-state index in [9.17, 15) is 4.79 Å². The van der Waals surface area contributed by atoms with Crippen LogP contribution in [-0.4, -0.2) is 47.4 Å². The average Bonchev–Trinajstić information content (AvgIpc) is 3.09. The van der Waals surface area contributed by atoms with E-state index in [-0.39, 0.29) is 11.9 Å². The first-order chi connectivity index (χ1) is 13.6. The third-order valence-corrected chi connectivity index (χ3v) is 4.58. The number of allylic oxidation sites excluding steroid dienone is 2. The molecule has 1 amide bonds. The molecule has 9 nitrogen and oxygen atoms in total. The highest BCUT2D eigenvalue weighted by atomic mass is 16.5. The second-order valence-corrected chi connectivity index (χ2v) is 6.38. The summed E-state index contributed by atoms with van der Waals surface area (Å²) in [5, 5.41) is 13.6. The Balaban J connectivity index is 2.01. The summed E-state index contributed by atoms with van der Waals surface area (Å²) in [5.41, 5.74) is 1.48. The van der Waals surface area contributed by atoms with Crippen molar-refractivity contribution in [1.29, 1.82) is 0 Å². The van der Waals surface area contributed by atoms with Gasteiger partial charge in [0, 0.05) is 19.2 Å². The number of aromatic nitrogens is 3. The molecule has 0 aromatic carbocycles. The highest BCUT2D eigenvalue weighted by Gasteiger charge is 2.23. The second-order valence-electron chi connectivity index (χ2n) is 6.38. The van der Waals surface area contributed by atoms with Gasteiger partial charge in [-0.05, 0) is 39.0 Å². The van der Waals surface area contributed by atoms with Crippen LogP contribution in [0.4, 0.5) is 11.6 Å². The zero-order valence-corrected chi connectivity index (χ0v) is 16.3. The van der Waals surface area contributed by atoms with Gasteiger partial charge in [0.1, 0.15) is 22.9 Å². The first-order valence-corrected chi connectivity index (χ1v) is 9.13. The second kappa shape index (κ2) is 8.55. The summed E-state index contributed by atoms with van der Waals surface area (Å²) in [5.74, 6) is 1.37. The Bertz CT molecular complexity index is 941. The molecule has 0 saturated heterocycles. The molecule has 9 heteroatoms. The summed E-state index contributed by atoms with van der Waals surface area (Å²) in [4.78, 5) is 21.1. The predicted octanol–water partition coefficient (Wildman–Crippen LogP) is 2.56. The largest absolute Gasteiger partial charge is 0.480 e. The number of amides is 1. The number of rotatable bonds is 8. The first kappa shape index (κ1) is 19.4. The molecular formula is C19H25N7O2. The first-order valence-electron chi connectivity index (χ1n) is 9.13. The zero-order chi connectivity index (χ0) is 20.1. The standard InChI is InChI=1S/C19H25N7O2/c1-5-7-14(19(21-3)28-4)24-15-10-16(20-2)26-17(25-15)13(11-22-26)18(27)23-12-8-6-9-12/h5,7,10-12,20H,3,6,8-9H2,1-2,4H3,(H,23,27)(H,24,25)/b7-5-,19-14-. The molecule has 28 heavy (non-hydrogen) atoms. The van der Waals surface area contributed by atoms with Crippen molar-refractivity contribution in [1.82, 2.24) is 19.9 Å². The minimum absolute atomic E-state index is 0.166. The number of anilines is 2. The van der Waals surface area contributed by atoms with Crippen molar-refractivity contribution < 1.29 is 9.53 Å². The molecule has 0 unspecified atom stereocenters. The topological polar surface area (TPSA) is 105 Å². The molecule has 1 aliphatic carbocycles. The Labute approximate surface area is 163 Å². The van der Waals surface area contributed by atoms with E-state index in [0.29, 0.717) is 34.4 Å². The Morgan fingerprint density at radius 3 is 2.82 bits per heavy atom. The predicted molar refractivity (Wildman–Crippen MR) is 110 cm³/mol. The fourth-order valence-electron chi connectivity index (χ4n) is 2.91. The Kier molecular flexibility index (Phi) is 5.93. The van der Waals surface area contributed by atoms with Gasteiger partial charge in [0.15, 0.2) is 5.65 Å². The van der Waals surface area contributed by atoms with Crippen molar-refractivity contribution >= 4 is 29.9 Å². The molecule has 0 aliphatic heterocycles. The third kappa shape index (κ3) is 3.83. The van der Waals surface area contributed by atoms with E-state index < -0.39 is 0 Å². The number of hydrogen-bond donors (Lipinski definition) is 3. The molecule has 0 radical (unpaired) electrons. The highest BCUT2D eigenvalue weighted by molar-refractivity contribution is 6.00.